The molecule has 0 amide bonds. The normalized spacial score (nSPS) is 11.8. The summed E-state index contributed by atoms with van der Waals surface area (Å²) < 4.78 is 30.2. The Labute approximate surface area is 73.9 Å². The standard InChI is InChI=1S/C3H6N4O3S2/c8-12(9,10)2-7-3(1-11)4-5-6-7/h11H,1-2H2,(H,8,9,10). The molecule has 0 spiro atoms. The maximum atomic E-state index is 10.4. The highest BCUT2D eigenvalue weighted by atomic mass is 32.2. The van der Waals surface area contributed by atoms with E-state index >= 15 is 0 Å². The molecular weight excluding hydrogens is 204 g/mol. The van der Waals surface area contributed by atoms with E-state index in [2.05, 4.69) is 28.2 Å². The first-order chi connectivity index (χ1) is 5.53. The van der Waals surface area contributed by atoms with Crippen molar-refractivity contribution < 1.29 is 13.0 Å². The molecule has 0 aromatic carbocycles. The Hall–Kier alpha value is -0.670. The summed E-state index contributed by atoms with van der Waals surface area (Å²) in [7, 11) is -4.09. The lowest BCUT2D eigenvalue weighted by Crippen LogP contribution is -2.13. The van der Waals surface area contributed by atoms with Gasteiger partial charge in [-0.25, -0.2) is 4.68 Å². The van der Waals surface area contributed by atoms with Gasteiger partial charge in [0, 0.05) is 0 Å². The van der Waals surface area contributed by atoms with Gasteiger partial charge in [-0.1, -0.05) is 0 Å². The summed E-state index contributed by atoms with van der Waals surface area (Å²) in [5.74, 6) is -0.144. The zero-order valence-electron chi connectivity index (χ0n) is 5.82. The molecule has 0 saturated carbocycles. The molecule has 1 heterocycles. The van der Waals surface area contributed by atoms with Gasteiger partial charge in [-0.3, -0.25) is 4.55 Å². The molecule has 0 radical (unpaired) electrons. The Morgan fingerprint density at radius 1 is 1.58 bits per heavy atom. The van der Waals surface area contributed by atoms with Crippen LogP contribution in [0.2, 0.25) is 0 Å². The maximum Gasteiger partial charge on any atom is 0.285 e. The molecule has 0 fully saturated rings. The number of nitrogens with zero attached hydrogens (tertiary/aromatic N) is 4. The predicted molar refractivity (Wildman–Crippen MR) is 42.1 cm³/mol. The van der Waals surface area contributed by atoms with Gasteiger partial charge in [0.05, 0.1) is 5.75 Å². The van der Waals surface area contributed by atoms with Gasteiger partial charge in [0.2, 0.25) is 0 Å². The largest absolute Gasteiger partial charge is 0.285 e. The van der Waals surface area contributed by atoms with E-state index in [1.165, 1.54) is 0 Å². The van der Waals surface area contributed by atoms with E-state index in [1.807, 2.05) is 0 Å². The summed E-state index contributed by atoms with van der Waals surface area (Å²) in [6.07, 6.45) is 0. The second kappa shape index (κ2) is 3.37. The Kier molecular flexibility index (Phi) is 2.65. The molecule has 0 atom stereocenters. The van der Waals surface area contributed by atoms with E-state index in [9.17, 15) is 8.42 Å². The minimum absolute atomic E-state index is 0.211. The number of thiol groups is 1. The van der Waals surface area contributed by atoms with Gasteiger partial charge < -0.3 is 0 Å². The van der Waals surface area contributed by atoms with Gasteiger partial charge >= 0.3 is 0 Å². The lowest BCUT2D eigenvalue weighted by atomic mass is 10.7. The molecule has 0 aliphatic heterocycles. The van der Waals surface area contributed by atoms with Crippen LogP contribution in [-0.2, 0) is 21.7 Å². The van der Waals surface area contributed by atoms with Crippen LogP contribution < -0.4 is 0 Å². The van der Waals surface area contributed by atoms with Crippen LogP contribution in [0.1, 0.15) is 5.82 Å². The number of hydrogen-bond donors (Lipinski definition) is 2. The maximum absolute atomic E-state index is 10.4. The second-order valence-electron chi connectivity index (χ2n) is 1.96. The predicted octanol–water partition coefficient (Wildman–Crippen LogP) is -1.05. The zero-order valence-corrected chi connectivity index (χ0v) is 7.53. The molecule has 7 nitrogen and oxygen atoms in total. The van der Waals surface area contributed by atoms with Crippen molar-refractivity contribution in [1.82, 2.24) is 20.2 Å². The molecule has 1 aromatic rings. The monoisotopic (exact) mass is 210 g/mol. The molecule has 1 N–H and O–H groups in total. The number of rotatable bonds is 3. The first kappa shape index (κ1) is 9.42. The third-order valence-electron chi connectivity index (χ3n) is 1.03. The molecule has 1 rings (SSSR count). The van der Waals surface area contributed by atoms with Crippen LogP contribution in [0.5, 0.6) is 0 Å². The highest BCUT2D eigenvalue weighted by Gasteiger charge is 2.11. The van der Waals surface area contributed by atoms with Crippen LogP contribution >= 0.6 is 12.6 Å². The average molecular weight is 210 g/mol. The first-order valence-electron chi connectivity index (χ1n) is 2.84. The summed E-state index contributed by atoms with van der Waals surface area (Å²) in [5.41, 5.74) is 0. The topological polar surface area (TPSA) is 98.0 Å². The zero-order chi connectivity index (χ0) is 9.19. The third-order valence-corrected chi connectivity index (χ3v) is 1.89. The SMILES string of the molecule is O=S(=O)(O)Cn1nnnc1CS. The average Bonchev–Trinajstić information content (AvgIpc) is 2.31. The summed E-state index contributed by atoms with van der Waals surface area (Å²) in [4.78, 5) is 0. The van der Waals surface area contributed by atoms with Crippen molar-refractivity contribution in [3.05, 3.63) is 5.82 Å². The van der Waals surface area contributed by atoms with Gasteiger partial charge in [-0.15, -0.1) is 5.10 Å². The van der Waals surface area contributed by atoms with Crippen LogP contribution in [0.4, 0.5) is 0 Å². The summed E-state index contributed by atoms with van der Waals surface area (Å²) in [6.45, 7) is 0. The van der Waals surface area contributed by atoms with Crippen LogP contribution in [0.3, 0.4) is 0 Å². The van der Waals surface area contributed by atoms with Gasteiger partial charge in [-0.2, -0.15) is 21.0 Å². The first-order valence-corrected chi connectivity index (χ1v) is 5.08. The quantitative estimate of drug-likeness (QED) is 0.488. The molecular formula is C3H6N4O3S2. The van der Waals surface area contributed by atoms with Gasteiger partial charge in [0.25, 0.3) is 10.1 Å². The number of hydrogen-bond acceptors (Lipinski definition) is 6. The van der Waals surface area contributed by atoms with Crippen molar-refractivity contribution in [3.8, 4) is 0 Å². The second-order valence-corrected chi connectivity index (χ2v) is 3.70. The van der Waals surface area contributed by atoms with E-state index in [0.29, 0.717) is 0 Å². The Bertz CT molecular complexity index is 357. The van der Waals surface area contributed by atoms with Crippen LogP contribution in [0.15, 0.2) is 0 Å². The van der Waals surface area contributed by atoms with Crippen LogP contribution in [0.25, 0.3) is 0 Å². The molecule has 0 saturated heterocycles. The van der Waals surface area contributed by atoms with E-state index in [1.54, 1.807) is 0 Å². The highest BCUT2D eigenvalue weighted by Crippen LogP contribution is 1.98. The molecule has 12 heavy (non-hydrogen) atoms. The van der Waals surface area contributed by atoms with Crippen molar-refractivity contribution in [2.24, 2.45) is 0 Å². The summed E-state index contributed by atoms with van der Waals surface area (Å²) >= 11 is 3.86. The lowest BCUT2D eigenvalue weighted by molar-refractivity contribution is 0.463. The highest BCUT2D eigenvalue weighted by molar-refractivity contribution is 7.84. The summed E-state index contributed by atoms with van der Waals surface area (Å²) in [6, 6.07) is 0. The van der Waals surface area contributed by atoms with Crippen LogP contribution in [-0.4, -0.2) is 33.2 Å². The molecule has 0 bridgehead atoms. The van der Waals surface area contributed by atoms with Crippen molar-refractivity contribution in [3.63, 3.8) is 0 Å². The minimum Gasteiger partial charge on any atom is -0.284 e. The fourth-order valence-corrected chi connectivity index (χ4v) is 1.33. The summed E-state index contributed by atoms with van der Waals surface area (Å²) in [5, 5.41) is 10.0. The Balaban J connectivity index is 2.89. The van der Waals surface area contributed by atoms with Crippen molar-refractivity contribution in [2.45, 2.75) is 11.6 Å². The lowest BCUT2D eigenvalue weighted by Gasteiger charge is -1.97. The third kappa shape index (κ3) is 2.43. The van der Waals surface area contributed by atoms with E-state index in [4.69, 9.17) is 4.55 Å². The van der Waals surface area contributed by atoms with E-state index in [-0.39, 0.29) is 11.6 Å². The van der Waals surface area contributed by atoms with Gasteiger partial charge in [0.15, 0.2) is 11.7 Å². The molecule has 0 unspecified atom stereocenters. The molecule has 9 heteroatoms. The van der Waals surface area contributed by atoms with E-state index in [0.717, 1.165) is 4.68 Å². The van der Waals surface area contributed by atoms with Gasteiger partial charge in [-0.05, 0) is 10.4 Å². The fraction of sp³-hybridized carbons (Fsp3) is 0.667. The Morgan fingerprint density at radius 3 is 2.75 bits per heavy atom. The van der Waals surface area contributed by atoms with Crippen molar-refractivity contribution in [1.29, 1.82) is 0 Å². The molecule has 1 aromatic heterocycles. The van der Waals surface area contributed by atoms with Crippen molar-refractivity contribution >= 4 is 22.7 Å². The minimum atomic E-state index is -4.09. The van der Waals surface area contributed by atoms with Gasteiger partial charge in [0.1, 0.15) is 0 Å². The van der Waals surface area contributed by atoms with E-state index < -0.39 is 16.0 Å². The molecule has 0 aliphatic rings. The molecule has 68 valence electrons. The number of tetrazole rings is 1. The van der Waals surface area contributed by atoms with Crippen LogP contribution in [0, 0.1) is 0 Å². The fourth-order valence-electron chi connectivity index (χ4n) is 0.591. The number of aromatic nitrogens is 4. The smallest absolute Gasteiger partial charge is 0.284 e. The van der Waals surface area contributed by atoms with Crippen molar-refractivity contribution in [2.75, 3.05) is 0 Å². The molecule has 0 aliphatic carbocycles. The Morgan fingerprint density at radius 2 is 2.25 bits per heavy atom.